The molecule has 0 aliphatic carbocycles. The third-order valence-corrected chi connectivity index (χ3v) is 8.90. The summed E-state index contributed by atoms with van der Waals surface area (Å²) >= 11 is 1.33. The molecule has 0 spiro atoms. The topological polar surface area (TPSA) is 79.4 Å². The number of carbonyl (C=O) groups excluding carboxylic acids is 1. The molecule has 0 bridgehead atoms. The lowest BCUT2D eigenvalue weighted by Gasteiger charge is -2.25. The largest absolute Gasteiger partial charge is 0.416 e. The minimum Gasteiger partial charge on any atom is -0.302 e. The molecule has 2 heterocycles. The zero-order chi connectivity index (χ0) is 26.8. The molecule has 1 amide bonds. The number of fused-ring (bicyclic) bond motifs is 1. The number of amides is 1. The van der Waals surface area contributed by atoms with Crippen LogP contribution in [-0.2, 0) is 46.6 Å². The van der Waals surface area contributed by atoms with E-state index in [1.165, 1.54) is 42.5 Å². The van der Waals surface area contributed by atoms with Crippen molar-refractivity contribution in [3.8, 4) is 0 Å². The Balaban J connectivity index is 1.32. The van der Waals surface area contributed by atoms with Crippen molar-refractivity contribution in [2.45, 2.75) is 43.8 Å². The number of thiazole rings is 1. The molecule has 198 valence electrons. The number of anilines is 1. The zero-order valence-electron chi connectivity index (χ0n) is 19.9. The number of benzene rings is 2. The highest BCUT2D eigenvalue weighted by atomic mass is 32.2. The maximum atomic E-state index is 14.4. The number of sulfone groups is 1. The van der Waals surface area contributed by atoms with Gasteiger partial charge in [0.2, 0.25) is 5.91 Å². The van der Waals surface area contributed by atoms with Gasteiger partial charge in [0.25, 0.3) is 0 Å². The molecule has 12 heteroatoms. The Morgan fingerprint density at radius 1 is 1.16 bits per heavy atom. The van der Waals surface area contributed by atoms with Crippen LogP contribution in [0.3, 0.4) is 0 Å². The lowest BCUT2D eigenvalue weighted by Crippen LogP contribution is -2.31. The fourth-order valence-corrected chi connectivity index (χ4v) is 5.97. The van der Waals surface area contributed by atoms with Gasteiger partial charge in [-0.1, -0.05) is 25.1 Å². The second-order valence-electron chi connectivity index (χ2n) is 8.74. The van der Waals surface area contributed by atoms with E-state index in [2.05, 4.69) is 15.2 Å². The second kappa shape index (κ2) is 10.9. The number of rotatable bonds is 8. The van der Waals surface area contributed by atoms with Gasteiger partial charge in [-0.15, -0.1) is 11.3 Å². The molecule has 2 aromatic carbocycles. The molecule has 6 nitrogen and oxygen atoms in total. The first kappa shape index (κ1) is 27.2. The van der Waals surface area contributed by atoms with E-state index in [9.17, 15) is 30.8 Å². The average molecular weight is 556 g/mol. The van der Waals surface area contributed by atoms with Crippen LogP contribution in [0.1, 0.15) is 34.2 Å². The fourth-order valence-electron chi connectivity index (χ4n) is 4.01. The minimum absolute atomic E-state index is 0.0864. The molecular weight excluding hydrogens is 530 g/mol. The van der Waals surface area contributed by atoms with Crippen LogP contribution in [0.5, 0.6) is 0 Å². The quantitative estimate of drug-likeness (QED) is 0.401. The summed E-state index contributed by atoms with van der Waals surface area (Å²) in [4.78, 5) is 20.0. The van der Waals surface area contributed by atoms with Crippen molar-refractivity contribution in [1.82, 2.24) is 9.88 Å². The second-order valence-corrected chi connectivity index (χ2v) is 12.1. The maximum Gasteiger partial charge on any atom is 0.416 e. The van der Waals surface area contributed by atoms with E-state index >= 15 is 0 Å². The number of aromatic nitrogens is 1. The molecular formula is C25H25F4N3O3S2. The van der Waals surface area contributed by atoms with Crippen molar-refractivity contribution in [3.63, 3.8) is 0 Å². The first-order valence-electron chi connectivity index (χ1n) is 11.6. The molecule has 0 fully saturated rings. The minimum atomic E-state index is -4.35. The van der Waals surface area contributed by atoms with E-state index in [1.54, 1.807) is 0 Å². The third-order valence-electron chi connectivity index (χ3n) is 6.17. The Morgan fingerprint density at radius 2 is 1.89 bits per heavy atom. The van der Waals surface area contributed by atoms with E-state index in [1.807, 2.05) is 0 Å². The smallest absolute Gasteiger partial charge is 0.302 e. The summed E-state index contributed by atoms with van der Waals surface area (Å²) in [5, 5.41) is 3.10. The van der Waals surface area contributed by atoms with Crippen molar-refractivity contribution in [3.05, 3.63) is 75.5 Å². The van der Waals surface area contributed by atoms with Crippen molar-refractivity contribution < 1.29 is 30.8 Å². The van der Waals surface area contributed by atoms with Gasteiger partial charge in [0, 0.05) is 30.9 Å². The normalized spacial score (nSPS) is 14.4. The molecule has 1 aliphatic heterocycles. The van der Waals surface area contributed by atoms with E-state index < -0.39 is 33.3 Å². The van der Waals surface area contributed by atoms with Gasteiger partial charge in [0.05, 0.1) is 28.3 Å². The summed E-state index contributed by atoms with van der Waals surface area (Å²) in [7, 11) is -3.54. The van der Waals surface area contributed by atoms with Crippen molar-refractivity contribution >= 4 is 32.2 Å². The van der Waals surface area contributed by atoms with Crippen molar-refractivity contribution in [1.29, 1.82) is 0 Å². The van der Waals surface area contributed by atoms with E-state index in [4.69, 9.17) is 0 Å². The van der Waals surface area contributed by atoms with Gasteiger partial charge >= 0.3 is 6.18 Å². The number of nitrogens with zero attached hydrogens (tertiary/aromatic N) is 2. The van der Waals surface area contributed by atoms with E-state index in [0.29, 0.717) is 31.1 Å². The molecule has 1 aromatic heterocycles. The monoisotopic (exact) mass is 555 g/mol. The number of carbonyl (C=O) groups is 1. The van der Waals surface area contributed by atoms with Crippen LogP contribution >= 0.6 is 11.3 Å². The number of hydrogen-bond donors (Lipinski definition) is 1. The fraction of sp³-hybridized carbons (Fsp3) is 0.360. The molecule has 1 N–H and O–H groups in total. The van der Waals surface area contributed by atoms with Crippen LogP contribution < -0.4 is 5.32 Å². The SMILES string of the molecule is CCS(=O)(=O)c1ccc(CC(=O)Nc2nc3c(s2)CN(CCc2ccc(C(F)(F)F)cc2)CC3)c(F)c1. The molecule has 0 saturated carbocycles. The van der Waals surface area contributed by atoms with Gasteiger partial charge in [-0.05, 0) is 41.8 Å². The summed E-state index contributed by atoms with van der Waals surface area (Å²) in [5.74, 6) is -1.37. The predicted molar refractivity (Wildman–Crippen MR) is 133 cm³/mol. The van der Waals surface area contributed by atoms with Gasteiger partial charge in [-0.2, -0.15) is 13.2 Å². The lowest BCUT2D eigenvalue weighted by atomic mass is 10.1. The lowest BCUT2D eigenvalue weighted by molar-refractivity contribution is -0.137. The average Bonchev–Trinajstić information content (AvgIpc) is 3.25. The first-order chi connectivity index (χ1) is 17.4. The Kier molecular flexibility index (Phi) is 8.00. The van der Waals surface area contributed by atoms with E-state index in [0.717, 1.165) is 40.9 Å². The summed E-state index contributed by atoms with van der Waals surface area (Å²) < 4.78 is 76.4. The van der Waals surface area contributed by atoms with Gasteiger partial charge in [-0.3, -0.25) is 9.69 Å². The Bertz CT molecular complexity index is 1390. The number of alkyl halides is 3. The Labute approximate surface area is 216 Å². The van der Waals surface area contributed by atoms with Crippen molar-refractivity contribution in [2.24, 2.45) is 0 Å². The highest BCUT2D eigenvalue weighted by Gasteiger charge is 2.30. The summed E-state index contributed by atoms with van der Waals surface area (Å²) in [5.41, 5.74) is 1.13. The first-order valence-corrected chi connectivity index (χ1v) is 14.1. The van der Waals surface area contributed by atoms with Gasteiger partial charge in [0.1, 0.15) is 5.82 Å². The Hall–Kier alpha value is -2.83. The molecule has 4 rings (SSSR count). The van der Waals surface area contributed by atoms with Gasteiger partial charge in [0.15, 0.2) is 15.0 Å². The molecule has 0 atom stereocenters. The van der Waals surface area contributed by atoms with Crippen molar-refractivity contribution in [2.75, 3.05) is 24.2 Å². The Morgan fingerprint density at radius 3 is 2.54 bits per heavy atom. The standard InChI is InChI=1S/C25H25F4N3O3S2/c1-2-37(34,35)19-8-5-17(20(26)14-19)13-23(33)31-24-30-21-10-12-32(15-22(21)36-24)11-9-16-3-6-18(7-4-16)25(27,28)29/h3-8,14H,2,9-13,15H2,1H3,(H,30,31,33). The van der Waals surface area contributed by atoms with Crippen LogP contribution in [0.4, 0.5) is 22.7 Å². The summed E-state index contributed by atoms with van der Waals surface area (Å²) in [6, 6.07) is 8.72. The number of nitrogens with one attached hydrogen (secondary N) is 1. The number of halogens is 4. The highest BCUT2D eigenvalue weighted by Crippen LogP contribution is 2.30. The third kappa shape index (κ3) is 6.74. The van der Waals surface area contributed by atoms with Gasteiger partial charge in [-0.25, -0.2) is 17.8 Å². The molecule has 3 aromatic rings. The maximum absolute atomic E-state index is 14.4. The highest BCUT2D eigenvalue weighted by molar-refractivity contribution is 7.91. The molecule has 37 heavy (non-hydrogen) atoms. The molecule has 1 aliphatic rings. The molecule has 0 unspecified atom stereocenters. The van der Waals surface area contributed by atoms with Crippen LogP contribution in [0.15, 0.2) is 47.4 Å². The van der Waals surface area contributed by atoms with Crippen LogP contribution in [-0.4, -0.2) is 43.1 Å². The van der Waals surface area contributed by atoms with Gasteiger partial charge < -0.3 is 5.32 Å². The molecule has 0 saturated heterocycles. The number of hydrogen-bond acceptors (Lipinski definition) is 6. The van der Waals surface area contributed by atoms with Crippen LogP contribution in [0.2, 0.25) is 0 Å². The van der Waals surface area contributed by atoms with Crippen LogP contribution in [0.25, 0.3) is 0 Å². The van der Waals surface area contributed by atoms with Crippen LogP contribution in [0, 0.1) is 5.82 Å². The summed E-state index contributed by atoms with van der Waals surface area (Å²) in [6.07, 6.45) is -3.32. The van der Waals surface area contributed by atoms with E-state index in [-0.39, 0.29) is 22.6 Å². The predicted octanol–water partition coefficient (Wildman–Crippen LogP) is 4.88. The summed E-state index contributed by atoms with van der Waals surface area (Å²) in [6.45, 7) is 3.50. The molecule has 0 radical (unpaired) electrons. The zero-order valence-corrected chi connectivity index (χ0v) is 21.6.